The third-order valence-electron chi connectivity index (χ3n) is 4.29. The molecule has 114 valence electrons. The van der Waals surface area contributed by atoms with Crippen LogP contribution in [0.2, 0.25) is 0 Å². The van der Waals surface area contributed by atoms with Crippen LogP contribution in [-0.2, 0) is 4.74 Å². The highest BCUT2D eigenvalue weighted by molar-refractivity contribution is 4.87. The van der Waals surface area contributed by atoms with E-state index in [0.29, 0.717) is 12.1 Å². The number of ether oxygens (including phenoxy) is 1. The Labute approximate surface area is 118 Å². The van der Waals surface area contributed by atoms with Gasteiger partial charge in [0.05, 0.1) is 12.7 Å². The average Bonchev–Trinajstić information content (AvgIpc) is 2.45. The van der Waals surface area contributed by atoms with Gasteiger partial charge in [0.1, 0.15) is 0 Å². The molecule has 2 N–H and O–H groups in total. The molecule has 1 fully saturated rings. The number of piperidine rings is 1. The minimum atomic E-state index is -0.184. The van der Waals surface area contributed by atoms with Gasteiger partial charge in [-0.2, -0.15) is 0 Å². The number of rotatable bonds is 8. The minimum Gasteiger partial charge on any atom is -0.394 e. The largest absolute Gasteiger partial charge is 0.394 e. The molecule has 3 atom stereocenters. The van der Waals surface area contributed by atoms with E-state index < -0.39 is 0 Å². The van der Waals surface area contributed by atoms with E-state index in [1.807, 2.05) is 7.05 Å². The molecular weight excluding hydrogens is 240 g/mol. The van der Waals surface area contributed by atoms with Crippen molar-refractivity contribution in [2.75, 3.05) is 33.4 Å². The summed E-state index contributed by atoms with van der Waals surface area (Å²) in [5, 5.41) is 12.7. The molecule has 4 nitrogen and oxygen atoms in total. The van der Waals surface area contributed by atoms with Crippen LogP contribution in [0.15, 0.2) is 0 Å². The van der Waals surface area contributed by atoms with Crippen molar-refractivity contribution in [1.82, 2.24) is 10.2 Å². The molecule has 0 aliphatic carbocycles. The molecule has 0 amide bonds. The fraction of sp³-hybridized carbons (Fsp3) is 1.00. The zero-order valence-corrected chi connectivity index (χ0v) is 13.1. The van der Waals surface area contributed by atoms with Crippen molar-refractivity contribution in [3.63, 3.8) is 0 Å². The Morgan fingerprint density at radius 2 is 2.26 bits per heavy atom. The summed E-state index contributed by atoms with van der Waals surface area (Å²) in [4.78, 5) is 2.51. The third kappa shape index (κ3) is 5.38. The average molecular weight is 272 g/mol. The Balaban J connectivity index is 2.45. The molecular formula is C15H32N2O2. The number of likely N-dealkylation sites (tertiary alicyclic amines) is 1. The topological polar surface area (TPSA) is 44.7 Å². The van der Waals surface area contributed by atoms with E-state index in [1.54, 1.807) is 0 Å². The first-order valence-corrected chi connectivity index (χ1v) is 7.70. The summed E-state index contributed by atoms with van der Waals surface area (Å²) in [6.07, 6.45) is 4.85. The molecule has 0 spiro atoms. The summed E-state index contributed by atoms with van der Waals surface area (Å²) in [7, 11) is 1.92. The van der Waals surface area contributed by atoms with Crippen LogP contribution in [-0.4, -0.2) is 61.0 Å². The molecule has 0 bridgehead atoms. The molecule has 0 saturated carbocycles. The van der Waals surface area contributed by atoms with Gasteiger partial charge in [0, 0.05) is 24.7 Å². The summed E-state index contributed by atoms with van der Waals surface area (Å²) in [5.74, 6) is 0. The van der Waals surface area contributed by atoms with E-state index in [9.17, 15) is 5.11 Å². The van der Waals surface area contributed by atoms with Crippen LogP contribution < -0.4 is 5.32 Å². The lowest BCUT2D eigenvalue weighted by atomic mass is 9.93. The lowest BCUT2D eigenvalue weighted by molar-refractivity contribution is -0.0157. The van der Waals surface area contributed by atoms with E-state index in [1.165, 1.54) is 12.8 Å². The van der Waals surface area contributed by atoms with Gasteiger partial charge in [-0.25, -0.2) is 0 Å². The molecule has 0 aromatic carbocycles. The number of aliphatic hydroxyl groups is 1. The predicted octanol–water partition coefficient (Wildman–Crippen LogP) is 1.63. The summed E-state index contributed by atoms with van der Waals surface area (Å²) in [6, 6.07) is 0.470. The van der Waals surface area contributed by atoms with Crippen LogP contribution in [0.4, 0.5) is 0 Å². The molecule has 0 radical (unpaired) electrons. The summed E-state index contributed by atoms with van der Waals surface area (Å²) in [5.41, 5.74) is -0.184. The fourth-order valence-corrected chi connectivity index (χ4v) is 2.81. The number of likely N-dealkylation sites (N-methyl/N-ethyl adjacent to an activating group) is 1. The zero-order chi connectivity index (χ0) is 14.3. The van der Waals surface area contributed by atoms with Crippen molar-refractivity contribution in [3.05, 3.63) is 0 Å². The van der Waals surface area contributed by atoms with Crippen LogP contribution in [0.1, 0.15) is 46.5 Å². The highest BCUT2D eigenvalue weighted by Crippen LogP contribution is 2.21. The van der Waals surface area contributed by atoms with Crippen molar-refractivity contribution in [2.45, 2.75) is 64.1 Å². The number of aliphatic hydroxyl groups excluding tert-OH is 1. The van der Waals surface area contributed by atoms with Gasteiger partial charge in [-0.05, 0) is 53.1 Å². The number of nitrogens with zero attached hydrogens (tertiary/aromatic N) is 1. The number of nitrogens with one attached hydrogen (secondary N) is 1. The SMILES string of the molecule is CCCOC1CCCN(C(C)CC(C)(CO)NC)C1. The van der Waals surface area contributed by atoms with Crippen molar-refractivity contribution in [2.24, 2.45) is 0 Å². The van der Waals surface area contributed by atoms with Crippen molar-refractivity contribution in [1.29, 1.82) is 0 Å². The maximum absolute atomic E-state index is 9.49. The van der Waals surface area contributed by atoms with Crippen LogP contribution in [0.3, 0.4) is 0 Å². The maximum Gasteiger partial charge on any atom is 0.0702 e. The van der Waals surface area contributed by atoms with E-state index in [0.717, 1.165) is 32.5 Å². The predicted molar refractivity (Wildman–Crippen MR) is 79.5 cm³/mol. The van der Waals surface area contributed by atoms with Gasteiger partial charge in [-0.15, -0.1) is 0 Å². The van der Waals surface area contributed by atoms with Gasteiger partial charge in [0.2, 0.25) is 0 Å². The van der Waals surface area contributed by atoms with Gasteiger partial charge in [0.25, 0.3) is 0 Å². The second-order valence-electron chi connectivity index (χ2n) is 6.15. The first-order valence-electron chi connectivity index (χ1n) is 7.70. The van der Waals surface area contributed by atoms with E-state index in [-0.39, 0.29) is 12.1 Å². The summed E-state index contributed by atoms with van der Waals surface area (Å²) < 4.78 is 5.89. The number of hydrogen-bond acceptors (Lipinski definition) is 4. The second kappa shape index (κ2) is 8.20. The summed E-state index contributed by atoms with van der Waals surface area (Å²) >= 11 is 0. The highest BCUT2D eigenvalue weighted by atomic mass is 16.5. The van der Waals surface area contributed by atoms with Gasteiger partial charge in [0.15, 0.2) is 0 Å². The van der Waals surface area contributed by atoms with Crippen molar-refractivity contribution in [3.8, 4) is 0 Å². The third-order valence-corrected chi connectivity index (χ3v) is 4.29. The molecule has 1 saturated heterocycles. The normalized spacial score (nSPS) is 26.1. The van der Waals surface area contributed by atoms with E-state index in [4.69, 9.17) is 4.74 Å². The second-order valence-corrected chi connectivity index (χ2v) is 6.15. The zero-order valence-electron chi connectivity index (χ0n) is 13.1. The Kier molecular flexibility index (Phi) is 7.29. The van der Waals surface area contributed by atoms with Crippen molar-refractivity contribution < 1.29 is 9.84 Å². The standard InChI is InChI=1S/C15H32N2O2/c1-5-9-19-14-7-6-8-17(11-14)13(2)10-15(3,12-18)16-4/h13-14,16,18H,5-12H2,1-4H3. The quantitative estimate of drug-likeness (QED) is 0.705. The van der Waals surface area contributed by atoms with Gasteiger partial charge in [-0.3, -0.25) is 4.90 Å². The van der Waals surface area contributed by atoms with Crippen LogP contribution >= 0.6 is 0 Å². The molecule has 0 aromatic heterocycles. The first kappa shape index (κ1) is 16.9. The first-order chi connectivity index (χ1) is 9.04. The van der Waals surface area contributed by atoms with Crippen LogP contribution in [0.5, 0.6) is 0 Å². The van der Waals surface area contributed by atoms with E-state index in [2.05, 4.69) is 31.0 Å². The maximum atomic E-state index is 9.49. The molecule has 1 aliphatic heterocycles. The highest BCUT2D eigenvalue weighted by Gasteiger charge is 2.29. The summed E-state index contributed by atoms with van der Waals surface area (Å²) in [6.45, 7) is 9.73. The molecule has 4 heteroatoms. The Morgan fingerprint density at radius 3 is 2.84 bits per heavy atom. The van der Waals surface area contributed by atoms with Gasteiger partial charge < -0.3 is 15.2 Å². The molecule has 1 rings (SSSR count). The smallest absolute Gasteiger partial charge is 0.0702 e. The van der Waals surface area contributed by atoms with E-state index >= 15 is 0 Å². The van der Waals surface area contributed by atoms with Crippen LogP contribution in [0, 0.1) is 0 Å². The van der Waals surface area contributed by atoms with Gasteiger partial charge >= 0.3 is 0 Å². The molecule has 3 unspecified atom stereocenters. The Morgan fingerprint density at radius 1 is 1.53 bits per heavy atom. The monoisotopic (exact) mass is 272 g/mol. The molecule has 0 aromatic rings. The van der Waals surface area contributed by atoms with Gasteiger partial charge in [-0.1, -0.05) is 6.92 Å². The lowest BCUT2D eigenvalue weighted by Gasteiger charge is -2.40. The van der Waals surface area contributed by atoms with Crippen LogP contribution in [0.25, 0.3) is 0 Å². The lowest BCUT2D eigenvalue weighted by Crippen LogP contribution is -2.51. The molecule has 19 heavy (non-hydrogen) atoms. The Bertz CT molecular complexity index is 244. The fourth-order valence-electron chi connectivity index (χ4n) is 2.81. The Hall–Kier alpha value is -0.160. The minimum absolute atomic E-state index is 0.178. The number of hydrogen-bond donors (Lipinski definition) is 2. The molecule has 1 heterocycles. The molecule has 1 aliphatic rings. The van der Waals surface area contributed by atoms with Crippen molar-refractivity contribution >= 4 is 0 Å².